The van der Waals surface area contributed by atoms with Gasteiger partial charge in [0.15, 0.2) is 0 Å². The number of carbonyl (C=O) groups excluding carboxylic acids is 1. The van der Waals surface area contributed by atoms with Crippen molar-refractivity contribution in [2.45, 2.75) is 0 Å². The Morgan fingerprint density at radius 3 is 2.76 bits per heavy atom. The number of hydrogen-bond acceptors (Lipinski definition) is 3. The molecule has 2 rings (SSSR count). The molecule has 108 valence electrons. The van der Waals surface area contributed by atoms with Crippen molar-refractivity contribution in [2.75, 3.05) is 0 Å². The van der Waals surface area contributed by atoms with E-state index in [1.54, 1.807) is 24.3 Å². The third-order valence-corrected chi connectivity index (χ3v) is 3.83. The first-order chi connectivity index (χ1) is 9.97. The summed E-state index contributed by atoms with van der Waals surface area (Å²) in [5, 5.41) is 14.1. The Labute approximate surface area is 143 Å². The van der Waals surface area contributed by atoms with E-state index in [4.69, 9.17) is 11.6 Å². The van der Waals surface area contributed by atoms with Gasteiger partial charge in [-0.2, -0.15) is 5.10 Å². The molecule has 0 aliphatic rings. The molecule has 7 heteroatoms. The van der Waals surface area contributed by atoms with E-state index in [-0.39, 0.29) is 11.7 Å². The molecule has 2 aromatic rings. The molecule has 0 radical (unpaired) electrons. The summed E-state index contributed by atoms with van der Waals surface area (Å²) in [5.41, 5.74) is 3.24. The summed E-state index contributed by atoms with van der Waals surface area (Å²) in [4.78, 5) is 11.9. The molecule has 0 aliphatic carbocycles. The normalized spacial score (nSPS) is 10.8. The third-order valence-electron chi connectivity index (χ3n) is 2.51. The number of amides is 1. The summed E-state index contributed by atoms with van der Waals surface area (Å²) in [6.07, 6.45) is 1.32. The Hall–Kier alpha value is -1.37. The van der Waals surface area contributed by atoms with Crippen molar-refractivity contribution in [2.24, 2.45) is 5.10 Å². The van der Waals surface area contributed by atoms with Gasteiger partial charge in [0, 0.05) is 20.6 Å². The molecule has 4 nitrogen and oxygen atoms in total. The van der Waals surface area contributed by atoms with Crippen molar-refractivity contribution in [1.29, 1.82) is 0 Å². The van der Waals surface area contributed by atoms with Crippen molar-refractivity contribution in [3.05, 3.63) is 61.5 Å². The number of nitrogens with zero attached hydrogens (tertiary/aromatic N) is 1. The van der Waals surface area contributed by atoms with Crippen molar-refractivity contribution < 1.29 is 9.90 Å². The average Bonchev–Trinajstić information content (AvgIpc) is 2.43. The van der Waals surface area contributed by atoms with Gasteiger partial charge in [-0.1, -0.05) is 33.6 Å². The van der Waals surface area contributed by atoms with E-state index in [0.29, 0.717) is 20.6 Å². The van der Waals surface area contributed by atoms with Crippen LogP contribution in [0.5, 0.6) is 5.75 Å². The molecular formula is C14H9Br2ClN2O2. The van der Waals surface area contributed by atoms with Crippen LogP contribution in [0.1, 0.15) is 15.9 Å². The van der Waals surface area contributed by atoms with Gasteiger partial charge in [0.25, 0.3) is 5.91 Å². The third kappa shape index (κ3) is 4.30. The SMILES string of the molecule is O=C(N/N=C\c1cc(Cl)cc(Br)c1O)c1cccc(Br)c1. The van der Waals surface area contributed by atoms with Gasteiger partial charge >= 0.3 is 0 Å². The molecule has 0 heterocycles. The fourth-order valence-corrected chi connectivity index (χ4v) is 2.77. The minimum atomic E-state index is -0.354. The first-order valence-electron chi connectivity index (χ1n) is 5.74. The Morgan fingerprint density at radius 1 is 1.29 bits per heavy atom. The number of hydrogen-bond donors (Lipinski definition) is 2. The Bertz CT molecular complexity index is 720. The topological polar surface area (TPSA) is 61.7 Å². The maximum absolute atomic E-state index is 11.9. The lowest BCUT2D eigenvalue weighted by Crippen LogP contribution is -2.17. The second-order valence-corrected chi connectivity index (χ2v) is 6.24. The largest absolute Gasteiger partial charge is 0.506 e. The molecule has 0 fully saturated rings. The lowest BCUT2D eigenvalue weighted by atomic mass is 10.2. The van der Waals surface area contributed by atoms with Crippen molar-refractivity contribution in [3.8, 4) is 5.75 Å². The van der Waals surface area contributed by atoms with Crippen molar-refractivity contribution in [3.63, 3.8) is 0 Å². The highest BCUT2D eigenvalue weighted by atomic mass is 79.9. The van der Waals surface area contributed by atoms with Gasteiger partial charge in [0.05, 0.1) is 10.7 Å². The van der Waals surface area contributed by atoms with E-state index in [1.165, 1.54) is 12.3 Å². The van der Waals surface area contributed by atoms with Gasteiger partial charge in [-0.15, -0.1) is 0 Å². The van der Waals surface area contributed by atoms with E-state index in [0.717, 1.165) is 4.47 Å². The lowest BCUT2D eigenvalue weighted by molar-refractivity contribution is 0.0955. The molecule has 2 N–H and O–H groups in total. The molecule has 21 heavy (non-hydrogen) atoms. The molecule has 0 saturated carbocycles. The van der Waals surface area contributed by atoms with Crippen LogP contribution in [0.2, 0.25) is 5.02 Å². The van der Waals surface area contributed by atoms with E-state index >= 15 is 0 Å². The van der Waals surface area contributed by atoms with Gasteiger partial charge in [0.1, 0.15) is 5.75 Å². The van der Waals surface area contributed by atoms with Gasteiger partial charge in [0.2, 0.25) is 0 Å². The molecule has 0 saturated heterocycles. The molecular weight excluding hydrogens is 423 g/mol. The van der Waals surface area contributed by atoms with E-state index in [2.05, 4.69) is 42.4 Å². The quantitative estimate of drug-likeness (QED) is 0.560. The second kappa shape index (κ2) is 7.06. The Morgan fingerprint density at radius 2 is 2.05 bits per heavy atom. The minimum absolute atomic E-state index is 0.000135. The zero-order chi connectivity index (χ0) is 15.4. The van der Waals surface area contributed by atoms with Crippen molar-refractivity contribution >= 4 is 55.6 Å². The fourth-order valence-electron chi connectivity index (χ4n) is 1.54. The first-order valence-corrected chi connectivity index (χ1v) is 7.71. The maximum atomic E-state index is 11.9. The van der Waals surface area contributed by atoms with E-state index < -0.39 is 0 Å². The van der Waals surface area contributed by atoms with Crippen LogP contribution in [0.4, 0.5) is 0 Å². The second-order valence-electron chi connectivity index (χ2n) is 4.03. The summed E-state index contributed by atoms with van der Waals surface area (Å²) in [7, 11) is 0. The molecule has 2 aromatic carbocycles. The summed E-state index contributed by atoms with van der Waals surface area (Å²) in [5.74, 6) is -0.354. The van der Waals surface area contributed by atoms with Crippen LogP contribution in [0.25, 0.3) is 0 Å². The molecule has 0 aliphatic heterocycles. The van der Waals surface area contributed by atoms with E-state index in [1.807, 2.05) is 6.07 Å². The van der Waals surface area contributed by atoms with Crippen LogP contribution in [-0.2, 0) is 0 Å². The molecule has 0 bridgehead atoms. The van der Waals surface area contributed by atoms with Crippen LogP contribution < -0.4 is 5.43 Å². The summed E-state index contributed by atoms with van der Waals surface area (Å²) in [6.45, 7) is 0. The van der Waals surface area contributed by atoms with Crippen molar-refractivity contribution in [1.82, 2.24) is 5.43 Å². The lowest BCUT2D eigenvalue weighted by Gasteiger charge is -2.03. The number of benzene rings is 2. The molecule has 1 amide bonds. The number of hydrazone groups is 1. The summed E-state index contributed by atoms with van der Waals surface area (Å²) < 4.78 is 1.25. The maximum Gasteiger partial charge on any atom is 0.271 e. The standard InChI is InChI=1S/C14H9Br2ClN2O2/c15-10-3-1-2-8(4-10)14(21)19-18-7-9-5-11(17)6-12(16)13(9)20/h1-7,20H,(H,19,21)/b18-7-. The highest BCUT2D eigenvalue weighted by Crippen LogP contribution is 2.30. The highest BCUT2D eigenvalue weighted by molar-refractivity contribution is 9.10. The van der Waals surface area contributed by atoms with Crippen LogP contribution in [0.15, 0.2) is 50.4 Å². The molecule has 0 atom stereocenters. The molecule has 0 unspecified atom stereocenters. The van der Waals surface area contributed by atoms with Gasteiger partial charge in [-0.05, 0) is 46.3 Å². The number of carbonyl (C=O) groups is 1. The molecule has 0 spiro atoms. The zero-order valence-electron chi connectivity index (χ0n) is 10.5. The van der Waals surface area contributed by atoms with Crippen LogP contribution in [0, 0.1) is 0 Å². The molecule has 0 aromatic heterocycles. The predicted octanol–water partition coefficient (Wildman–Crippen LogP) is 4.33. The number of phenols is 1. The monoisotopic (exact) mass is 430 g/mol. The van der Waals surface area contributed by atoms with Crippen LogP contribution in [0.3, 0.4) is 0 Å². The first kappa shape index (κ1) is 16.0. The Kier molecular flexibility index (Phi) is 5.39. The Balaban J connectivity index is 2.11. The minimum Gasteiger partial charge on any atom is -0.506 e. The zero-order valence-corrected chi connectivity index (χ0v) is 14.4. The van der Waals surface area contributed by atoms with E-state index in [9.17, 15) is 9.90 Å². The smallest absolute Gasteiger partial charge is 0.271 e. The summed E-state index contributed by atoms with van der Waals surface area (Å²) in [6, 6.07) is 10.0. The van der Waals surface area contributed by atoms with Gasteiger partial charge < -0.3 is 5.11 Å². The fraction of sp³-hybridized carbons (Fsp3) is 0. The number of halogens is 3. The predicted molar refractivity (Wildman–Crippen MR) is 90.0 cm³/mol. The van der Waals surface area contributed by atoms with Crippen LogP contribution >= 0.6 is 43.5 Å². The van der Waals surface area contributed by atoms with Crippen LogP contribution in [-0.4, -0.2) is 17.2 Å². The van der Waals surface area contributed by atoms with Gasteiger partial charge in [-0.3, -0.25) is 4.79 Å². The number of rotatable bonds is 3. The number of nitrogens with one attached hydrogen (secondary N) is 1. The number of phenolic OH excluding ortho intramolecular Hbond substituents is 1. The number of aromatic hydroxyl groups is 1. The highest BCUT2D eigenvalue weighted by Gasteiger charge is 2.07. The average molecular weight is 432 g/mol. The van der Waals surface area contributed by atoms with Gasteiger partial charge in [-0.25, -0.2) is 5.43 Å². The summed E-state index contributed by atoms with van der Waals surface area (Å²) >= 11 is 12.3.